The summed E-state index contributed by atoms with van der Waals surface area (Å²) in [7, 11) is 0. The van der Waals surface area contributed by atoms with Crippen molar-refractivity contribution in [2.24, 2.45) is 0 Å². The number of rotatable bonds is 10. The van der Waals surface area contributed by atoms with Gasteiger partial charge in [-0.3, -0.25) is 9.59 Å². The maximum Gasteiger partial charge on any atom is 0.314 e. The molecule has 0 fully saturated rings. The predicted octanol–water partition coefficient (Wildman–Crippen LogP) is 4.93. The minimum atomic E-state index is -0.702. The molecule has 3 nitrogen and oxygen atoms in total. The van der Waals surface area contributed by atoms with Gasteiger partial charge in [0.15, 0.2) is 0 Å². The van der Waals surface area contributed by atoms with Gasteiger partial charge >= 0.3 is 5.97 Å². The van der Waals surface area contributed by atoms with Crippen LogP contribution in [0.2, 0.25) is 0 Å². The molecule has 0 amide bonds. The summed E-state index contributed by atoms with van der Waals surface area (Å²) in [5.74, 6) is -0.666. The van der Waals surface area contributed by atoms with Crippen molar-refractivity contribution in [2.45, 2.75) is 72.3 Å². The Morgan fingerprint density at radius 2 is 1.77 bits per heavy atom. The number of carbonyl (C=O) groups excluding carboxylic acids is 2. The molecule has 0 heterocycles. The molecule has 0 saturated carbocycles. The lowest BCUT2D eigenvalue weighted by molar-refractivity contribution is -0.155. The molecule has 0 aromatic carbocycles. The third-order valence-electron chi connectivity index (χ3n) is 3.41. The largest absolute Gasteiger partial charge is 0.455 e. The first-order valence-electron chi connectivity index (χ1n) is 7.82. The van der Waals surface area contributed by atoms with Gasteiger partial charge < -0.3 is 4.74 Å². The zero-order valence-corrected chi connectivity index (χ0v) is 14.7. The number of ether oxygens (including phenoxy) is 1. The van der Waals surface area contributed by atoms with Gasteiger partial charge in [-0.1, -0.05) is 29.9 Å². The molecule has 0 spiro atoms. The molecule has 0 aromatic heterocycles. The summed E-state index contributed by atoms with van der Waals surface area (Å²) in [6, 6.07) is 0. The summed E-state index contributed by atoms with van der Waals surface area (Å²) >= 11 is 0. The Hall–Kier alpha value is -1.64. The highest BCUT2D eigenvalue weighted by Crippen LogP contribution is 2.22. The van der Waals surface area contributed by atoms with Crippen molar-refractivity contribution in [1.29, 1.82) is 0 Å². The molecule has 22 heavy (non-hydrogen) atoms. The fraction of sp³-hybridized carbons (Fsp3) is 0.579. The van der Waals surface area contributed by atoms with Crippen molar-refractivity contribution in [3.8, 4) is 0 Å². The van der Waals surface area contributed by atoms with Crippen LogP contribution in [0.3, 0.4) is 0 Å². The first kappa shape index (κ1) is 20.4. The van der Waals surface area contributed by atoms with Gasteiger partial charge in [-0.05, 0) is 66.4 Å². The van der Waals surface area contributed by atoms with E-state index in [1.54, 1.807) is 6.08 Å². The Morgan fingerprint density at radius 3 is 2.27 bits per heavy atom. The van der Waals surface area contributed by atoms with Crippen LogP contribution in [0.4, 0.5) is 0 Å². The van der Waals surface area contributed by atoms with E-state index in [2.05, 4.69) is 39.5 Å². The van der Waals surface area contributed by atoms with Crippen LogP contribution in [0.25, 0.3) is 0 Å². The zero-order valence-electron chi connectivity index (χ0n) is 14.7. The summed E-state index contributed by atoms with van der Waals surface area (Å²) in [5, 5.41) is 0. The topological polar surface area (TPSA) is 43.4 Å². The highest BCUT2D eigenvalue weighted by atomic mass is 16.6. The number of ketones is 1. The Balaban J connectivity index is 4.33. The Morgan fingerprint density at radius 1 is 1.14 bits per heavy atom. The maximum absolute atomic E-state index is 11.6. The van der Waals surface area contributed by atoms with Crippen molar-refractivity contribution in [3.63, 3.8) is 0 Å². The number of hydrogen-bond donors (Lipinski definition) is 0. The predicted molar refractivity (Wildman–Crippen MR) is 91.6 cm³/mol. The minimum absolute atomic E-state index is 0.176. The van der Waals surface area contributed by atoms with Gasteiger partial charge in [0.25, 0.3) is 0 Å². The fourth-order valence-electron chi connectivity index (χ4n) is 2.01. The van der Waals surface area contributed by atoms with E-state index in [1.807, 2.05) is 6.92 Å². The summed E-state index contributed by atoms with van der Waals surface area (Å²) in [5.41, 5.74) is 1.95. The van der Waals surface area contributed by atoms with E-state index in [-0.39, 0.29) is 12.2 Å². The van der Waals surface area contributed by atoms with Crippen molar-refractivity contribution in [3.05, 3.63) is 36.0 Å². The van der Waals surface area contributed by atoms with Gasteiger partial charge in [-0.2, -0.15) is 0 Å². The highest BCUT2D eigenvalue weighted by Gasteiger charge is 2.25. The first-order valence-corrected chi connectivity index (χ1v) is 7.82. The van der Waals surface area contributed by atoms with Crippen LogP contribution in [0.1, 0.15) is 66.7 Å². The lowest BCUT2D eigenvalue weighted by Crippen LogP contribution is -2.30. The van der Waals surface area contributed by atoms with Crippen molar-refractivity contribution >= 4 is 11.8 Å². The number of hydrogen-bond acceptors (Lipinski definition) is 3. The third kappa shape index (κ3) is 10.1. The standard InChI is InChI=1S/C19H30O3/c1-7-19(6,22-18(21)14-17(5)20)13-9-12-16(4)11-8-10-15(2)3/h7,10-11H,1,8-9,12-14H2,2-6H3/b16-11+. The van der Waals surface area contributed by atoms with Crippen LogP contribution in [-0.4, -0.2) is 17.4 Å². The van der Waals surface area contributed by atoms with Gasteiger partial charge in [-0.15, -0.1) is 0 Å². The second-order valence-electron chi connectivity index (χ2n) is 6.29. The first-order chi connectivity index (χ1) is 10.2. The van der Waals surface area contributed by atoms with Crippen molar-refractivity contribution in [2.75, 3.05) is 0 Å². The molecule has 0 saturated heterocycles. The van der Waals surface area contributed by atoms with E-state index in [0.717, 1.165) is 19.3 Å². The second kappa shape index (κ2) is 10.1. The minimum Gasteiger partial charge on any atom is -0.455 e. The fourth-order valence-corrected chi connectivity index (χ4v) is 2.01. The quantitative estimate of drug-likeness (QED) is 0.326. The van der Waals surface area contributed by atoms with Gasteiger partial charge in [0, 0.05) is 0 Å². The summed E-state index contributed by atoms with van der Waals surface area (Å²) in [6.07, 6.45) is 9.42. The molecule has 0 aliphatic heterocycles. The highest BCUT2D eigenvalue weighted by molar-refractivity contribution is 5.94. The summed E-state index contributed by atoms with van der Waals surface area (Å²) in [4.78, 5) is 22.6. The molecular weight excluding hydrogens is 276 g/mol. The summed E-state index contributed by atoms with van der Waals surface area (Å²) < 4.78 is 5.39. The van der Waals surface area contributed by atoms with E-state index in [1.165, 1.54) is 18.1 Å². The number of esters is 1. The molecular formula is C19H30O3. The molecule has 0 aromatic rings. The van der Waals surface area contributed by atoms with Crippen molar-refractivity contribution in [1.82, 2.24) is 0 Å². The van der Waals surface area contributed by atoms with Crippen LogP contribution < -0.4 is 0 Å². The number of Topliss-reactive ketones (excluding diaryl/α,β-unsaturated/α-hetero) is 1. The van der Waals surface area contributed by atoms with Gasteiger partial charge in [0.05, 0.1) is 0 Å². The van der Waals surface area contributed by atoms with E-state index in [0.29, 0.717) is 6.42 Å². The third-order valence-corrected chi connectivity index (χ3v) is 3.41. The smallest absolute Gasteiger partial charge is 0.314 e. The molecule has 0 aliphatic carbocycles. The number of carbonyl (C=O) groups is 2. The molecule has 0 N–H and O–H groups in total. The van der Waals surface area contributed by atoms with E-state index in [4.69, 9.17) is 4.74 Å². The molecule has 1 atom stereocenters. The molecule has 3 heteroatoms. The molecule has 1 unspecified atom stereocenters. The SMILES string of the molecule is C=CC(C)(CCC/C(C)=C/CC=C(C)C)OC(=O)CC(C)=O. The van der Waals surface area contributed by atoms with Crippen molar-refractivity contribution < 1.29 is 14.3 Å². The molecule has 0 aliphatic rings. The van der Waals surface area contributed by atoms with E-state index >= 15 is 0 Å². The van der Waals surface area contributed by atoms with Crippen LogP contribution >= 0.6 is 0 Å². The van der Waals surface area contributed by atoms with Crippen LogP contribution in [-0.2, 0) is 14.3 Å². The monoisotopic (exact) mass is 306 g/mol. The maximum atomic E-state index is 11.6. The van der Waals surface area contributed by atoms with Crippen LogP contribution in [0.5, 0.6) is 0 Å². The average Bonchev–Trinajstić information content (AvgIpc) is 2.37. The number of allylic oxidation sites excluding steroid dienone is 4. The van der Waals surface area contributed by atoms with Gasteiger partial charge in [0.1, 0.15) is 17.8 Å². The molecule has 0 rings (SSSR count). The van der Waals surface area contributed by atoms with Gasteiger partial charge in [0.2, 0.25) is 0 Å². The Kier molecular flexibility index (Phi) is 9.39. The zero-order chi connectivity index (χ0) is 17.2. The molecule has 0 bridgehead atoms. The van der Waals surface area contributed by atoms with Crippen LogP contribution in [0, 0.1) is 0 Å². The molecule has 124 valence electrons. The van der Waals surface area contributed by atoms with E-state index < -0.39 is 11.6 Å². The Bertz CT molecular complexity index is 453. The van der Waals surface area contributed by atoms with Crippen LogP contribution in [0.15, 0.2) is 36.0 Å². The summed E-state index contributed by atoms with van der Waals surface area (Å²) in [6.45, 7) is 13.3. The lowest BCUT2D eigenvalue weighted by atomic mass is 9.96. The second-order valence-corrected chi connectivity index (χ2v) is 6.29. The van der Waals surface area contributed by atoms with Gasteiger partial charge in [-0.25, -0.2) is 0 Å². The normalized spacial score (nSPS) is 14.0. The average molecular weight is 306 g/mol. The van der Waals surface area contributed by atoms with E-state index in [9.17, 15) is 9.59 Å². The Labute approximate surface area is 135 Å². The molecule has 0 radical (unpaired) electrons. The lowest BCUT2D eigenvalue weighted by Gasteiger charge is -2.26.